The summed E-state index contributed by atoms with van der Waals surface area (Å²) in [7, 11) is 0. The van der Waals surface area contributed by atoms with Gasteiger partial charge in [0.2, 0.25) is 5.88 Å². The summed E-state index contributed by atoms with van der Waals surface area (Å²) in [6.07, 6.45) is 1.54. The first-order valence-corrected chi connectivity index (χ1v) is 10.9. The molecule has 7 nitrogen and oxygen atoms in total. The van der Waals surface area contributed by atoms with Crippen molar-refractivity contribution in [3.63, 3.8) is 0 Å². The van der Waals surface area contributed by atoms with Gasteiger partial charge in [0, 0.05) is 11.5 Å². The number of ether oxygens (including phenoxy) is 1. The summed E-state index contributed by atoms with van der Waals surface area (Å²) in [4.78, 5) is 22.0. The SMILES string of the molecule is CC(=O)C1=C(C)Oc2ncn3nc(-c4cc5ccccc5cc4O)nc3c2[C@H]1c1ccccc1. The van der Waals surface area contributed by atoms with Crippen LogP contribution < -0.4 is 4.74 Å². The minimum Gasteiger partial charge on any atom is -0.507 e. The second-order valence-corrected chi connectivity index (χ2v) is 8.36. The first kappa shape index (κ1) is 20.1. The molecule has 7 heteroatoms. The number of nitrogens with zero attached hydrogens (tertiary/aromatic N) is 4. The van der Waals surface area contributed by atoms with E-state index in [9.17, 15) is 9.90 Å². The Morgan fingerprint density at radius 3 is 2.47 bits per heavy atom. The molecule has 0 fully saturated rings. The molecule has 0 bridgehead atoms. The monoisotopic (exact) mass is 448 g/mol. The van der Waals surface area contributed by atoms with Gasteiger partial charge in [-0.25, -0.2) is 14.5 Å². The number of ketones is 1. The Bertz CT molecular complexity index is 1640. The maximum atomic E-state index is 12.7. The van der Waals surface area contributed by atoms with Crippen molar-refractivity contribution in [1.82, 2.24) is 19.6 Å². The Morgan fingerprint density at radius 1 is 1.03 bits per heavy atom. The van der Waals surface area contributed by atoms with Gasteiger partial charge in [0.25, 0.3) is 0 Å². The standard InChI is InChI=1S/C27H20N4O3/c1-15(32)22-16(2)34-27-24(23(22)17-8-4-3-5-9-17)26-29-25(30-31(26)14-28-27)20-12-18-10-6-7-11-19(18)13-21(20)33/h3-14,23,33H,1-2H3/t23-/m0/s1. The van der Waals surface area contributed by atoms with Crippen LogP contribution in [0, 0.1) is 0 Å². The lowest BCUT2D eigenvalue weighted by molar-refractivity contribution is -0.114. The van der Waals surface area contributed by atoms with Gasteiger partial charge in [0.1, 0.15) is 17.8 Å². The molecule has 1 aliphatic rings. The number of phenolic OH excluding ortho intramolecular Hbond substituents is 1. The largest absolute Gasteiger partial charge is 0.507 e. The molecule has 0 unspecified atom stereocenters. The zero-order valence-corrected chi connectivity index (χ0v) is 18.6. The number of carbonyl (C=O) groups excluding carboxylic acids is 1. The normalized spacial score (nSPS) is 15.4. The molecule has 166 valence electrons. The smallest absolute Gasteiger partial charge is 0.228 e. The number of benzene rings is 3. The van der Waals surface area contributed by atoms with Gasteiger partial charge in [-0.1, -0.05) is 54.6 Å². The fourth-order valence-electron chi connectivity index (χ4n) is 4.69. The summed E-state index contributed by atoms with van der Waals surface area (Å²) >= 11 is 0. The summed E-state index contributed by atoms with van der Waals surface area (Å²) < 4.78 is 7.55. The van der Waals surface area contributed by atoms with Crippen LogP contribution in [-0.2, 0) is 4.79 Å². The maximum Gasteiger partial charge on any atom is 0.228 e. The number of aromatic nitrogens is 4. The molecule has 6 rings (SSSR count). The van der Waals surface area contributed by atoms with E-state index in [2.05, 4.69) is 10.1 Å². The zero-order chi connectivity index (χ0) is 23.4. The van der Waals surface area contributed by atoms with Gasteiger partial charge in [0.05, 0.1) is 11.1 Å². The van der Waals surface area contributed by atoms with Crippen LogP contribution in [0.4, 0.5) is 0 Å². The van der Waals surface area contributed by atoms with Crippen molar-refractivity contribution in [3.8, 4) is 23.0 Å². The number of rotatable bonds is 3. The Labute approximate surface area is 195 Å². The Balaban J connectivity index is 1.60. The van der Waals surface area contributed by atoms with E-state index in [0.29, 0.717) is 39.8 Å². The van der Waals surface area contributed by atoms with Gasteiger partial charge in [-0.15, -0.1) is 5.10 Å². The third-order valence-corrected chi connectivity index (χ3v) is 6.21. The van der Waals surface area contributed by atoms with Crippen molar-refractivity contribution in [2.24, 2.45) is 0 Å². The lowest BCUT2D eigenvalue weighted by Crippen LogP contribution is -2.22. The summed E-state index contributed by atoms with van der Waals surface area (Å²) in [6, 6.07) is 21.1. The molecule has 5 aromatic rings. The third kappa shape index (κ3) is 3.05. The quantitative estimate of drug-likeness (QED) is 0.416. The highest BCUT2D eigenvalue weighted by Crippen LogP contribution is 2.44. The highest BCUT2D eigenvalue weighted by Gasteiger charge is 2.36. The van der Waals surface area contributed by atoms with Gasteiger partial charge in [-0.05, 0) is 42.3 Å². The highest BCUT2D eigenvalue weighted by atomic mass is 16.5. The molecule has 1 aliphatic heterocycles. The van der Waals surface area contributed by atoms with Crippen LogP contribution in [0.3, 0.4) is 0 Å². The van der Waals surface area contributed by atoms with E-state index in [1.807, 2.05) is 60.7 Å². The number of fused-ring (bicyclic) bond motifs is 4. The molecule has 0 spiro atoms. The molecule has 0 saturated heterocycles. The lowest BCUT2D eigenvalue weighted by Gasteiger charge is -2.28. The summed E-state index contributed by atoms with van der Waals surface area (Å²) in [6.45, 7) is 3.32. The predicted octanol–water partition coefficient (Wildman–Crippen LogP) is 5.04. The number of hydrogen-bond donors (Lipinski definition) is 1. The second kappa shape index (κ2) is 7.52. The van der Waals surface area contributed by atoms with Crippen LogP contribution in [0.2, 0.25) is 0 Å². The first-order valence-electron chi connectivity index (χ1n) is 10.9. The van der Waals surface area contributed by atoms with Gasteiger partial charge in [-0.2, -0.15) is 0 Å². The van der Waals surface area contributed by atoms with Crippen molar-refractivity contribution < 1.29 is 14.6 Å². The molecule has 0 radical (unpaired) electrons. The predicted molar refractivity (Wildman–Crippen MR) is 128 cm³/mol. The number of allylic oxidation sites excluding steroid dienone is 2. The van der Waals surface area contributed by atoms with E-state index in [-0.39, 0.29) is 11.5 Å². The molecular formula is C27H20N4O3. The van der Waals surface area contributed by atoms with E-state index in [0.717, 1.165) is 16.3 Å². The van der Waals surface area contributed by atoms with Crippen molar-refractivity contribution >= 4 is 22.2 Å². The van der Waals surface area contributed by atoms with E-state index in [4.69, 9.17) is 9.72 Å². The molecule has 1 atom stereocenters. The average molecular weight is 448 g/mol. The summed E-state index contributed by atoms with van der Waals surface area (Å²) in [5, 5.41) is 17.2. The van der Waals surface area contributed by atoms with Crippen molar-refractivity contribution in [3.05, 3.63) is 95.5 Å². The summed E-state index contributed by atoms with van der Waals surface area (Å²) in [5.41, 5.74) is 3.20. The number of hydrogen-bond acceptors (Lipinski definition) is 6. The van der Waals surface area contributed by atoms with Gasteiger partial charge >= 0.3 is 0 Å². The average Bonchev–Trinajstić information content (AvgIpc) is 3.27. The van der Waals surface area contributed by atoms with Crippen LogP contribution in [0.1, 0.15) is 30.9 Å². The van der Waals surface area contributed by atoms with Crippen LogP contribution in [0.5, 0.6) is 11.6 Å². The number of carbonyl (C=O) groups is 1. The molecule has 34 heavy (non-hydrogen) atoms. The first-order chi connectivity index (χ1) is 16.5. The molecular weight excluding hydrogens is 428 g/mol. The van der Waals surface area contributed by atoms with Crippen molar-refractivity contribution in [2.75, 3.05) is 0 Å². The molecule has 3 aromatic carbocycles. The number of phenols is 1. The van der Waals surface area contributed by atoms with E-state index < -0.39 is 5.92 Å². The third-order valence-electron chi connectivity index (χ3n) is 6.21. The molecule has 0 saturated carbocycles. The van der Waals surface area contributed by atoms with Crippen LogP contribution >= 0.6 is 0 Å². The topological polar surface area (TPSA) is 89.6 Å². The molecule has 0 amide bonds. The Morgan fingerprint density at radius 2 is 1.74 bits per heavy atom. The Kier molecular flexibility index (Phi) is 4.45. The zero-order valence-electron chi connectivity index (χ0n) is 18.6. The van der Waals surface area contributed by atoms with Crippen molar-refractivity contribution in [2.45, 2.75) is 19.8 Å². The van der Waals surface area contributed by atoms with Crippen LogP contribution in [0.25, 0.3) is 27.8 Å². The van der Waals surface area contributed by atoms with Gasteiger partial charge < -0.3 is 9.84 Å². The fourth-order valence-corrected chi connectivity index (χ4v) is 4.69. The maximum absolute atomic E-state index is 12.7. The van der Waals surface area contributed by atoms with E-state index in [1.54, 1.807) is 24.4 Å². The number of Topliss-reactive ketones (excluding diaryl/α,β-unsaturated/α-hetero) is 1. The van der Waals surface area contributed by atoms with E-state index in [1.165, 1.54) is 6.33 Å². The minimum atomic E-state index is -0.402. The van der Waals surface area contributed by atoms with E-state index >= 15 is 0 Å². The highest BCUT2D eigenvalue weighted by molar-refractivity contribution is 5.97. The van der Waals surface area contributed by atoms with Crippen molar-refractivity contribution in [1.29, 1.82) is 0 Å². The van der Waals surface area contributed by atoms with Gasteiger partial charge in [0.15, 0.2) is 17.3 Å². The number of aromatic hydroxyl groups is 1. The Hall–Kier alpha value is -4.52. The molecule has 1 N–H and O–H groups in total. The minimum absolute atomic E-state index is 0.0779. The fraction of sp³-hybridized carbons (Fsp3) is 0.111. The molecule has 3 heterocycles. The van der Waals surface area contributed by atoms with Gasteiger partial charge in [-0.3, -0.25) is 4.79 Å². The molecule has 2 aromatic heterocycles. The molecule has 0 aliphatic carbocycles. The van der Waals surface area contributed by atoms with Crippen LogP contribution in [0.15, 0.2) is 84.4 Å². The van der Waals surface area contributed by atoms with Crippen LogP contribution in [-0.4, -0.2) is 30.5 Å². The lowest BCUT2D eigenvalue weighted by atomic mass is 9.82. The summed E-state index contributed by atoms with van der Waals surface area (Å²) in [5.74, 6) is 0.892. The second-order valence-electron chi connectivity index (χ2n) is 8.36.